The summed E-state index contributed by atoms with van der Waals surface area (Å²) in [5.41, 5.74) is 5.90. The standard InChI is InChI=1S/C12H24N2O/c1-4-12(13,5-2)8-14-11(15)9(3)10-6-7-10/h9-10H,4-8,13H2,1-3H3,(H,14,15). The number of nitrogens with one attached hydrogen (secondary N) is 1. The van der Waals surface area contributed by atoms with E-state index in [2.05, 4.69) is 19.2 Å². The first-order valence-electron chi connectivity index (χ1n) is 6.09. The fourth-order valence-corrected chi connectivity index (χ4v) is 1.73. The highest BCUT2D eigenvalue weighted by Crippen LogP contribution is 2.36. The van der Waals surface area contributed by atoms with Gasteiger partial charge in [0.15, 0.2) is 0 Å². The average molecular weight is 212 g/mol. The topological polar surface area (TPSA) is 55.1 Å². The maximum absolute atomic E-state index is 11.7. The summed E-state index contributed by atoms with van der Waals surface area (Å²) < 4.78 is 0. The van der Waals surface area contributed by atoms with Crippen LogP contribution in [-0.4, -0.2) is 18.0 Å². The Morgan fingerprint density at radius 3 is 2.40 bits per heavy atom. The summed E-state index contributed by atoms with van der Waals surface area (Å²) in [6.07, 6.45) is 4.23. The van der Waals surface area contributed by atoms with Crippen molar-refractivity contribution in [2.75, 3.05) is 6.54 Å². The molecule has 0 aliphatic heterocycles. The SMILES string of the molecule is CCC(N)(CC)CNC(=O)C(C)C1CC1. The van der Waals surface area contributed by atoms with E-state index in [1.54, 1.807) is 0 Å². The molecule has 3 nitrogen and oxygen atoms in total. The molecular formula is C12H24N2O. The third kappa shape index (κ3) is 3.49. The van der Waals surface area contributed by atoms with E-state index in [-0.39, 0.29) is 17.4 Å². The largest absolute Gasteiger partial charge is 0.354 e. The van der Waals surface area contributed by atoms with Crippen molar-refractivity contribution in [3.63, 3.8) is 0 Å². The van der Waals surface area contributed by atoms with Crippen LogP contribution in [0.1, 0.15) is 46.5 Å². The zero-order valence-electron chi connectivity index (χ0n) is 10.2. The first-order chi connectivity index (χ1) is 7.02. The molecule has 0 heterocycles. The summed E-state index contributed by atoms with van der Waals surface area (Å²) in [5.74, 6) is 0.970. The van der Waals surface area contributed by atoms with Crippen LogP contribution in [0.15, 0.2) is 0 Å². The van der Waals surface area contributed by atoms with Gasteiger partial charge in [-0.2, -0.15) is 0 Å². The number of carbonyl (C=O) groups excluding carboxylic acids is 1. The molecule has 15 heavy (non-hydrogen) atoms. The van der Waals surface area contributed by atoms with Gasteiger partial charge in [-0.3, -0.25) is 4.79 Å². The van der Waals surface area contributed by atoms with E-state index in [1.165, 1.54) is 12.8 Å². The molecule has 0 radical (unpaired) electrons. The molecule has 0 aromatic heterocycles. The Labute approximate surface area is 92.8 Å². The number of rotatable bonds is 6. The molecule has 0 bridgehead atoms. The van der Waals surface area contributed by atoms with Crippen molar-refractivity contribution in [1.82, 2.24) is 5.32 Å². The van der Waals surface area contributed by atoms with Crippen molar-refractivity contribution in [3.05, 3.63) is 0 Å². The monoisotopic (exact) mass is 212 g/mol. The third-order valence-electron chi connectivity index (χ3n) is 3.77. The Morgan fingerprint density at radius 2 is 2.00 bits per heavy atom. The molecule has 0 saturated heterocycles. The van der Waals surface area contributed by atoms with E-state index in [0.29, 0.717) is 12.5 Å². The molecule has 1 saturated carbocycles. The van der Waals surface area contributed by atoms with Gasteiger partial charge in [-0.05, 0) is 31.6 Å². The third-order valence-corrected chi connectivity index (χ3v) is 3.77. The van der Waals surface area contributed by atoms with Crippen molar-refractivity contribution < 1.29 is 4.79 Å². The zero-order chi connectivity index (χ0) is 11.5. The number of amides is 1. The lowest BCUT2D eigenvalue weighted by Gasteiger charge is -2.27. The van der Waals surface area contributed by atoms with E-state index in [1.807, 2.05) is 6.92 Å². The second-order valence-corrected chi connectivity index (χ2v) is 4.91. The van der Waals surface area contributed by atoms with Crippen LogP contribution in [0.5, 0.6) is 0 Å². The van der Waals surface area contributed by atoms with Gasteiger partial charge in [-0.15, -0.1) is 0 Å². The van der Waals surface area contributed by atoms with Crippen LogP contribution < -0.4 is 11.1 Å². The van der Waals surface area contributed by atoms with E-state index >= 15 is 0 Å². The van der Waals surface area contributed by atoms with Gasteiger partial charge >= 0.3 is 0 Å². The predicted molar refractivity (Wildman–Crippen MR) is 62.4 cm³/mol. The molecule has 0 aromatic carbocycles. The van der Waals surface area contributed by atoms with Crippen molar-refractivity contribution in [3.8, 4) is 0 Å². The number of nitrogens with two attached hydrogens (primary N) is 1. The van der Waals surface area contributed by atoms with Gasteiger partial charge in [-0.25, -0.2) is 0 Å². The van der Waals surface area contributed by atoms with E-state index in [4.69, 9.17) is 5.73 Å². The van der Waals surface area contributed by atoms with Crippen LogP contribution in [0.2, 0.25) is 0 Å². The Hall–Kier alpha value is -0.570. The molecule has 1 aliphatic carbocycles. The minimum absolute atomic E-state index is 0.169. The van der Waals surface area contributed by atoms with Gasteiger partial charge in [0, 0.05) is 18.0 Å². The minimum atomic E-state index is -0.223. The van der Waals surface area contributed by atoms with Gasteiger partial charge in [-0.1, -0.05) is 20.8 Å². The fourth-order valence-electron chi connectivity index (χ4n) is 1.73. The van der Waals surface area contributed by atoms with Crippen LogP contribution >= 0.6 is 0 Å². The quantitative estimate of drug-likeness (QED) is 0.703. The smallest absolute Gasteiger partial charge is 0.223 e. The molecule has 88 valence electrons. The van der Waals surface area contributed by atoms with Crippen LogP contribution in [0.25, 0.3) is 0 Å². The molecule has 1 amide bonds. The molecule has 1 fully saturated rings. The Morgan fingerprint density at radius 1 is 1.47 bits per heavy atom. The first-order valence-corrected chi connectivity index (χ1v) is 6.09. The lowest BCUT2D eigenvalue weighted by molar-refractivity contribution is -0.125. The van der Waals surface area contributed by atoms with Crippen molar-refractivity contribution in [2.24, 2.45) is 17.6 Å². The molecule has 1 rings (SSSR count). The Bertz CT molecular complexity index is 220. The van der Waals surface area contributed by atoms with Gasteiger partial charge in [0.1, 0.15) is 0 Å². The van der Waals surface area contributed by atoms with E-state index in [9.17, 15) is 4.79 Å². The van der Waals surface area contributed by atoms with Crippen LogP contribution in [0, 0.1) is 11.8 Å². The normalized spacial score (nSPS) is 18.7. The first kappa shape index (κ1) is 12.5. The van der Waals surface area contributed by atoms with Gasteiger partial charge in [0.25, 0.3) is 0 Å². The summed E-state index contributed by atoms with van der Waals surface area (Å²) in [5, 5.41) is 2.98. The fraction of sp³-hybridized carbons (Fsp3) is 0.917. The van der Waals surface area contributed by atoms with Gasteiger partial charge in [0.05, 0.1) is 0 Å². The number of hydrogen-bond acceptors (Lipinski definition) is 2. The molecule has 3 N–H and O–H groups in total. The number of hydrogen-bond donors (Lipinski definition) is 2. The second-order valence-electron chi connectivity index (χ2n) is 4.91. The van der Waals surface area contributed by atoms with E-state index in [0.717, 1.165) is 12.8 Å². The summed E-state index contributed by atoms with van der Waals surface area (Å²) >= 11 is 0. The number of carbonyl (C=O) groups is 1. The molecule has 0 aromatic rings. The van der Waals surface area contributed by atoms with Crippen LogP contribution in [0.4, 0.5) is 0 Å². The molecule has 1 unspecified atom stereocenters. The second kappa shape index (κ2) is 4.97. The van der Waals surface area contributed by atoms with E-state index < -0.39 is 0 Å². The van der Waals surface area contributed by atoms with Gasteiger partial charge in [0.2, 0.25) is 5.91 Å². The summed E-state index contributed by atoms with van der Waals surface area (Å²) in [6.45, 7) is 6.76. The van der Waals surface area contributed by atoms with Crippen LogP contribution in [-0.2, 0) is 4.79 Å². The summed E-state index contributed by atoms with van der Waals surface area (Å²) in [6, 6.07) is 0. The highest BCUT2D eigenvalue weighted by atomic mass is 16.1. The summed E-state index contributed by atoms with van der Waals surface area (Å²) in [7, 11) is 0. The highest BCUT2D eigenvalue weighted by molar-refractivity contribution is 5.79. The molecule has 1 aliphatic rings. The Balaban J connectivity index is 2.31. The molecule has 3 heteroatoms. The highest BCUT2D eigenvalue weighted by Gasteiger charge is 2.33. The average Bonchev–Trinajstić information content (AvgIpc) is 3.08. The Kier molecular flexibility index (Phi) is 4.14. The van der Waals surface area contributed by atoms with Crippen LogP contribution in [0.3, 0.4) is 0 Å². The molecule has 1 atom stereocenters. The lowest BCUT2D eigenvalue weighted by atomic mass is 9.94. The zero-order valence-corrected chi connectivity index (χ0v) is 10.2. The van der Waals surface area contributed by atoms with Crippen molar-refractivity contribution >= 4 is 5.91 Å². The minimum Gasteiger partial charge on any atom is -0.354 e. The maximum atomic E-state index is 11.7. The molecule has 0 spiro atoms. The van der Waals surface area contributed by atoms with Crippen molar-refractivity contribution in [1.29, 1.82) is 0 Å². The lowest BCUT2D eigenvalue weighted by Crippen LogP contribution is -2.50. The van der Waals surface area contributed by atoms with Crippen molar-refractivity contribution in [2.45, 2.75) is 52.0 Å². The maximum Gasteiger partial charge on any atom is 0.223 e. The predicted octanol–water partition coefficient (Wildman–Crippen LogP) is 1.67. The summed E-state index contributed by atoms with van der Waals surface area (Å²) in [4.78, 5) is 11.7. The molecular weight excluding hydrogens is 188 g/mol. The van der Waals surface area contributed by atoms with Gasteiger partial charge < -0.3 is 11.1 Å².